The van der Waals surface area contributed by atoms with E-state index in [4.69, 9.17) is 0 Å². The summed E-state index contributed by atoms with van der Waals surface area (Å²) in [5.74, 6) is 0.584. The number of nitrogens with zero attached hydrogens (tertiary/aromatic N) is 4. The van der Waals surface area contributed by atoms with E-state index < -0.39 is 8.07 Å². The fourth-order valence-corrected chi connectivity index (χ4v) is 8.85. The minimum Gasteiger partial charge on any atom is -0.306 e. The van der Waals surface area contributed by atoms with Gasteiger partial charge in [-0.15, -0.1) is 0 Å². The lowest BCUT2D eigenvalue weighted by Gasteiger charge is -2.30. The quantitative estimate of drug-likeness (QED) is 0.153. The molecular formula is C26H28I2N4Si. The minimum absolute atomic E-state index is 0.584. The van der Waals surface area contributed by atoms with E-state index in [1.54, 1.807) is 0 Å². The smallest absolute Gasteiger partial charge is 0.112 e. The molecule has 1 saturated carbocycles. The van der Waals surface area contributed by atoms with Crippen LogP contribution in [0.4, 0.5) is 0 Å². The Morgan fingerprint density at radius 1 is 0.879 bits per heavy atom. The Morgan fingerprint density at radius 2 is 1.61 bits per heavy atom. The van der Waals surface area contributed by atoms with Gasteiger partial charge < -0.3 is 9.13 Å². The van der Waals surface area contributed by atoms with Crippen LogP contribution in [-0.2, 0) is 0 Å². The standard InChI is InChI=1S/C26H28I2N4Si/c1-33(2,22-7-3-5-20(14-22)31-12-11-29-17-31)23-8-4-6-21(15-23)32-18-30-16-26(32)19-9-10-24(27)25(28)13-19/h3-8,11-12,14-19,24-25H,9-10,13H2,1-2H3. The first-order chi connectivity index (χ1) is 15.9. The first-order valence-corrected chi connectivity index (χ1v) is 16.9. The van der Waals surface area contributed by atoms with Crippen LogP contribution in [0.25, 0.3) is 11.4 Å². The van der Waals surface area contributed by atoms with Crippen molar-refractivity contribution in [2.24, 2.45) is 0 Å². The highest BCUT2D eigenvalue weighted by Gasteiger charge is 2.30. The van der Waals surface area contributed by atoms with Crippen molar-refractivity contribution in [1.82, 2.24) is 19.1 Å². The van der Waals surface area contributed by atoms with Crippen molar-refractivity contribution in [3.8, 4) is 11.4 Å². The number of imidazole rings is 2. The maximum Gasteiger partial charge on any atom is 0.112 e. The molecule has 2 heterocycles. The molecule has 170 valence electrons. The summed E-state index contributed by atoms with van der Waals surface area (Å²) < 4.78 is 5.92. The van der Waals surface area contributed by atoms with Crippen LogP contribution in [0.15, 0.2) is 79.8 Å². The van der Waals surface area contributed by atoms with E-state index >= 15 is 0 Å². The molecule has 0 amide bonds. The predicted octanol–water partition coefficient (Wildman–Crippen LogP) is 5.76. The van der Waals surface area contributed by atoms with Crippen molar-refractivity contribution in [3.63, 3.8) is 0 Å². The molecule has 0 saturated heterocycles. The summed E-state index contributed by atoms with van der Waals surface area (Å²) in [6.45, 7) is 4.88. The molecule has 1 fully saturated rings. The molecule has 7 heteroatoms. The summed E-state index contributed by atoms with van der Waals surface area (Å²) in [5.41, 5.74) is 3.75. The molecule has 0 radical (unpaired) electrons. The lowest BCUT2D eigenvalue weighted by atomic mass is 9.87. The number of aromatic nitrogens is 4. The van der Waals surface area contributed by atoms with Gasteiger partial charge in [0.1, 0.15) is 8.07 Å². The van der Waals surface area contributed by atoms with Gasteiger partial charge in [-0.3, -0.25) is 0 Å². The van der Waals surface area contributed by atoms with Gasteiger partial charge >= 0.3 is 0 Å². The summed E-state index contributed by atoms with van der Waals surface area (Å²) in [6.07, 6.45) is 13.6. The van der Waals surface area contributed by atoms with Crippen molar-refractivity contribution in [2.45, 2.75) is 46.1 Å². The highest BCUT2D eigenvalue weighted by atomic mass is 127. The van der Waals surface area contributed by atoms with Crippen LogP contribution in [0, 0.1) is 0 Å². The molecule has 0 bridgehead atoms. The Balaban J connectivity index is 1.47. The maximum absolute atomic E-state index is 4.57. The first kappa shape index (κ1) is 23.3. The molecule has 4 aromatic rings. The summed E-state index contributed by atoms with van der Waals surface area (Å²) in [7, 11) is -1.89. The summed E-state index contributed by atoms with van der Waals surface area (Å²) in [4.78, 5) is 8.78. The largest absolute Gasteiger partial charge is 0.306 e. The molecule has 1 aliphatic rings. The van der Waals surface area contributed by atoms with E-state index in [2.05, 4.69) is 132 Å². The number of alkyl halides is 2. The predicted molar refractivity (Wildman–Crippen MR) is 156 cm³/mol. The molecule has 2 aromatic heterocycles. The van der Waals surface area contributed by atoms with Gasteiger partial charge in [0.2, 0.25) is 0 Å². The van der Waals surface area contributed by atoms with Crippen LogP contribution in [-0.4, -0.2) is 35.0 Å². The molecule has 3 unspecified atom stereocenters. The molecule has 4 nitrogen and oxygen atoms in total. The summed E-state index contributed by atoms with van der Waals surface area (Å²) in [5, 5.41) is 2.86. The van der Waals surface area contributed by atoms with Gasteiger partial charge in [-0.05, 0) is 43.5 Å². The van der Waals surface area contributed by atoms with Gasteiger partial charge in [-0.1, -0.05) is 92.9 Å². The lowest BCUT2D eigenvalue weighted by Crippen LogP contribution is -2.53. The fourth-order valence-electron chi connectivity index (χ4n) is 4.85. The highest BCUT2D eigenvalue weighted by molar-refractivity contribution is 14.1. The van der Waals surface area contributed by atoms with Gasteiger partial charge in [-0.2, -0.15) is 0 Å². The van der Waals surface area contributed by atoms with Crippen LogP contribution in [0.5, 0.6) is 0 Å². The second-order valence-electron chi connectivity index (χ2n) is 9.43. The monoisotopic (exact) mass is 678 g/mol. The molecule has 33 heavy (non-hydrogen) atoms. The Bertz CT molecular complexity index is 1230. The van der Waals surface area contributed by atoms with E-state index in [0.717, 1.165) is 13.5 Å². The Hall–Kier alpha value is -1.46. The second-order valence-corrected chi connectivity index (χ2v) is 17.0. The van der Waals surface area contributed by atoms with Crippen LogP contribution in [0.3, 0.4) is 0 Å². The van der Waals surface area contributed by atoms with E-state index in [0.29, 0.717) is 5.92 Å². The van der Waals surface area contributed by atoms with Gasteiger partial charge in [0.05, 0.1) is 12.7 Å². The van der Waals surface area contributed by atoms with Gasteiger partial charge in [0, 0.05) is 49.4 Å². The van der Waals surface area contributed by atoms with E-state index in [1.807, 2.05) is 25.0 Å². The molecular weight excluding hydrogens is 650 g/mol. The van der Waals surface area contributed by atoms with Crippen LogP contribution in [0.2, 0.25) is 13.1 Å². The first-order valence-electron chi connectivity index (χ1n) is 11.4. The Labute approximate surface area is 224 Å². The number of hydrogen-bond acceptors (Lipinski definition) is 2. The van der Waals surface area contributed by atoms with Crippen LogP contribution in [0.1, 0.15) is 30.9 Å². The van der Waals surface area contributed by atoms with Crippen LogP contribution >= 0.6 is 45.2 Å². The molecule has 0 spiro atoms. The minimum atomic E-state index is -1.89. The van der Waals surface area contributed by atoms with Crippen molar-refractivity contribution < 1.29 is 0 Å². The third kappa shape index (κ3) is 4.73. The SMILES string of the molecule is C[Si](C)(c1cccc(-n2ccnc2)c1)c1cccc(-n2cncc2C2CCC(I)C(I)C2)c1. The topological polar surface area (TPSA) is 35.6 Å². The highest BCUT2D eigenvalue weighted by Crippen LogP contribution is 2.40. The van der Waals surface area contributed by atoms with Gasteiger partial charge in [0.25, 0.3) is 0 Å². The molecule has 2 aromatic carbocycles. The number of rotatable bonds is 5. The average Bonchev–Trinajstić information content (AvgIpc) is 3.54. The zero-order chi connectivity index (χ0) is 23.0. The van der Waals surface area contributed by atoms with E-state index in [9.17, 15) is 0 Å². The molecule has 1 aliphatic carbocycles. The van der Waals surface area contributed by atoms with Crippen LogP contribution < -0.4 is 10.4 Å². The van der Waals surface area contributed by atoms with E-state index in [1.165, 1.54) is 41.0 Å². The van der Waals surface area contributed by atoms with Crippen molar-refractivity contribution in [1.29, 1.82) is 0 Å². The average molecular weight is 678 g/mol. The van der Waals surface area contributed by atoms with E-state index in [-0.39, 0.29) is 0 Å². The van der Waals surface area contributed by atoms with Gasteiger partial charge in [-0.25, -0.2) is 9.97 Å². The summed E-state index contributed by atoms with van der Waals surface area (Å²) >= 11 is 5.27. The van der Waals surface area contributed by atoms with Crippen molar-refractivity contribution in [3.05, 3.63) is 85.5 Å². The zero-order valence-corrected chi connectivity index (χ0v) is 24.2. The van der Waals surface area contributed by atoms with Gasteiger partial charge in [0.15, 0.2) is 0 Å². The fraction of sp³-hybridized carbons (Fsp3) is 0.308. The number of halogens is 2. The van der Waals surface area contributed by atoms with Crippen molar-refractivity contribution >= 4 is 63.6 Å². The molecule has 0 N–H and O–H groups in total. The molecule has 5 rings (SSSR count). The Kier molecular flexibility index (Phi) is 6.81. The Morgan fingerprint density at radius 3 is 2.30 bits per heavy atom. The zero-order valence-electron chi connectivity index (χ0n) is 18.9. The number of hydrogen-bond donors (Lipinski definition) is 0. The second kappa shape index (κ2) is 9.65. The lowest BCUT2D eigenvalue weighted by molar-refractivity contribution is 0.468. The van der Waals surface area contributed by atoms with Crippen molar-refractivity contribution in [2.75, 3.05) is 0 Å². The number of benzene rings is 2. The maximum atomic E-state index is 4.57. The third-order valence-electron chi connectivity index (χ3n) is 6.99. The molecule has 0 aliphatic heterocycles. The molecule has 3 atom stereocenters. The summed E-state index contributed by atoms with van der Waals surface area (Å²) in [6, 6.07) is 18.1. The normalized spacial score (nSPS) is 21.3. The third-order valence-corrected chi connectivity index (χ3v) is 14.7.